The fourth-order valence-corrected chi connectivity index (χ4v) is 1.84. The Balaban J connectivity index is 3.11. The van der Waals surface area contributed by atoms with Crippen LogP contribution in [0.4, 0.5) is 0 Å². The number of carbonyl (C=O) groups is 2. The minimum absolute atomic E-state index is 0.0691. The van der Waals surface area contributed by atoms with Gasteiger partial charge in [-0.2, -0.15) is 0 Å². The zero-order chi connectivity index (χ0) is 17.4. The van der Waals surface area contributed by atoms with Gasteiger partial charge in [-0.1, -0.05) is 13.3 Å². The van der Waals surface area contributed by atoms with Gasteiger partial charge in [-0.05, 0) is 31.5 Å². The van der Waals surface area contributed by atoms with Crippen molar-refractivity contribution in [3.05, 3.63) is 45.9 Å². The van der Waals surface area contributed by atoms with E-state index in [0.29, 0.717) is 6.42 Å². The van der Waals surface area contributed by atoms with Crippen molar-refractivity contribution in [1.82, 2.24) is 0 Å². The number of benzene rings is 1. The molecule has 0 aliphatic carbocycles. The minimum Gasteiger partial charge on any atom is -0.462 e. The first-order valence-electron chi connectivity index (χ1n) is 7.40. The summed E-state index contributed by atoms with van der Waals surface area (Å²) in [5.41, 5.74) is 0.326. The summed E-state index contributed by atoms with van der Waals surface area (Å²) >= 11 is 0. The van der Waals surface area contributed by atoms with E-state index in [0.717, 1.165) is 6.42 Å². The third-order valence-electron chi connectivity index (χ3n) is 3.10. The molecule has 0 aliphatic heterocycles. The van der Waals surface area contributed by atoms with Crippen LogP contribution in [0.1, 0.15) is 55.6 Å². The second kappa shape index (κ2) is 8.87. The predicted molar refractivity (Wildman–Crippen MR) is 82.7 cm³/mol. The van der Waals surface area contributed by atoms with Crippen molar-refractivity contribution in [3.63, 3.8) is 0 Å². The molecule has 0 N–H and O–H groups in total. The fraction of sp³-hybridized carbons (Fsp3) is 0.438. The van der Waals surface area contributed by atoms with Gasteiger partial charge in [-0.15, -0.1) is 0 Å². The van der Waals surface area contributed by atoms with Crippen LogP contribution >= 0.6 is 0 Å². The Morgan fingerprint density at radius 1 is 1.35 bits per heavy atom. The number of esters is 2. The van der Waals surface area contributed by atoms with Crippen LogP contribution in [0, 0.1) is 16.5 Å². The first kappa shape index (κ1) is 18.6. The van der Waals surface area contributed by atoms with Crippen LogP contribution in [0.25, 0.3) is 0 Å². The number of unbranched alkanes of at least 4 members (excludes halogenated alkanes) is 1. The lowest BCUT2D eigenvalue weighted by Crippen LogP contribution is -2.14. The van der Waals surface area contributed by atoms with Crippen LogP contribution < -0.4 is 4.74 Å². The Labute approximate surface area is 134 Å². The third-order valence-corrected chi connectivity index (χ3v) is 3.10. The molecule has 0 heterocycles. The molecule has 7 heteroatoms. The number of nitrogens with zero attached hydrogens (tertiary/aromatic N) is 1. The van der Waals surface area contributed by atoms with Crippen molar-refractivity contribution in [2.75, 3.05) is 6.61 Å². The summed E-state index contributed by atoms with van der Waals surface area (Å²) in [6.07, 6.45) is 2.72. The quantitative estimate of drug-likeness (QED) is 0.316. The zero-order valence-electron chi connectivity index (χ0n) is 13.4. The molecule has 0 aromatic heterocycles. The molecule has 0 saturated heterocycles. The lowest BCUT2D eigenvalue weighted by Gasteiger charge is -2.12. The number of carbonyl (C=O) groups excluding carboxylic acids is 2. The highest BCUT2D eigenvalue weighted by Gasteiger charge is 2.24. The molecule has 0 spiro atoms. The molecular weight excluding hydrogens is 302 g/mol. The average molecular weight is 322 g/mol. The summed E-state index contributed by atoms with van der Waals surface area (Å²) in [6.45, 7) is 5.13. The summed E-state index contributed by atoms with van der Waals surface area (Å²) in [4.78, 5) is 34.0. The molecule has 1 aromatic carbocycles. The van der Waals surface area contributed by atoms with E-state index in [1.165, 1.54) is 31.5 Å². The number of nitro groups is 1. The van der Waals surface area contributed by atoms with E-state index >= 15 is 0 Å². The van der Waals surface area contributed by atoms with Gasteiger partial charge >= 0.3 is 11.9 Å². The van der Waals surface area contributed by atoms with Gasteiger partial charge in [0, 0.05) is 11.8 Å². The summed E-state index contributed by atoms with van der Waals surface area (Å²) < 4.78 is 10.0. The second-order valence-corrected chi connectivity index (χ2v) is 4.85. The maximum Gasteiger partial charge on any atom is 0.338 e. The van der Waals surface area contributed by atoms with Gasteiger partial charge in [-0.25, -0.2) is 4.79 Å². The van der Waals surface area contributed by atoms with E-state index in [4.69, 9.17) is 9.47 Å². The molecular formula is C16H20NO6. The molecule has 23 heavy (non-hydrogen) atoms. The lowest BCUT2D eigenvalue weighted by molar-refractivity contribution is -0.524. The van der Waals surface area contributed by atoms with Crippen molar-refractivity contribution in [2.24, 2.45) is 0 Å². The monoisotopic (exact) mass is 322 g/mol. The standard InChI is InChI=1S/C16H20NO6/c1-4-6-7-15(18)23-14-9-8-12(16(19)22-5-2)10-13(14)11(3)17(20)21/h7-11H,4-6H2,1-3H3. The Bertz CT molecular complexity index is 584. The van der Waals surface area contributed by atoms with Crippen LogP contribution in [0.3, 0.4) is 0 Å². The Morgan fingerprint density at radius 2 is 2.04 bits per heavy atom. The van der Waals surface area contributed by atoms with Crippen LogP contribution in [-0.2, 0) is 9.53 Å². The van der Waals surface area contributed by atoms with E-state index in [1.807, 2.05) is 6.92 Å². The first-order chi connectivity index (χ1) is 10.9. The third kappa shape index (κ3) is 5.36. The largest absolute Gasteiger partial charge is 0.462 e. The fourth-order valence-electron chi connectivity index (χ4n) is 1.84. The van der Waals surface area contributed by atoms with E-state index in [2.05, 4.69) is 0 Å². The number of hydrogen-bond donors (Lipinski definition) is 0. The Kier molecular flexibility index (Phi) is 7.18. The maximum absolute atomic E-state index is 11.8. The second-order valence-electron chi connectivity index (χ2n) is 4.85. The van der Waals surface area contributed by atoms with Gasteiger partial charge in [0.05, 0.1) is 24.2 Å². The minimum atomic E-state index is -1.13. The number of hydrogen-bond acceptors (Lipinski definition) is 6. The summed E-state index contributed by atoms with van der Waals surface area (Å²) in [6, 6.07) is 2.99. The highest BCUT2D eigenvalue weighted by Crippen LogP contribution is 2.29. The van der Waals surface area contributed by atoms with Crippen molar-refractivity contribution < 1.29 is 24.0 Å². The molecule has 1 aromatic rings. The molecule has 1 unspecified atom stereocenters. The number of ether oxygens (including phenoxy) is 2. The van der Waals surface area contributed by atoms with Crippen molar-refractivity contribution >= 4 is 11.9 Å². The molecule has 125 valence electrons. The molecule has 7 nitrogen and oxygen atoms in total. The molecule has 0 aliphatic rings. The van der Waals surface area contributed by atoms with Crippen molar-refractivity contribution in [2.45, 2.75) is 39.7 Å². The average Bonchev–Trinajstić information content (AvgIpc) is 2.52. The van der Waals surface area contributed by atoms with E-state index in [9.17, 15) is 19.7 Å². The predicted octanol–water partition coefficient (Wildman–Crippen LogP) is 3.11. The SMILES string of the molecule is CCC[CH]C(=O)Oc1ccc(C(=O)OCC)cc1C(C)[N+](=O)[O-]. The smallest absolute Gasteiger partial charge is 0.338 e. The van der Waals surface area contributed by atoms with Crippen molar-refractivity contribution in [1.29, 1.82) is 0 Å². The van der Waals surface area contributed by atoms with Crippen LogP contribution in [0.5, 0.6) is 5.75 Å². The summed E-state index contributed by atoms with van der Waals surface area (Å²) in [7, 11) is 0. The molecule has 1 radical (unpaired) electrons. The molecule has 0 bridgehead atoms. The lowest BCUT2D eigenvalue weighted by atomic mass is 10.0. The van der Waals surface area contributed by atoms with Crippen LogP contribution in [0.15, 0.2) is 18.2 Å². The number of rotatable bonds is 8. The van der Waals surface area contributed by atoms with Gasteiger partial charge in [-0.3, -0.25) is 14.9 Å². The molecule has 0 amide bonds. The Morgan fingerprint density at radius 3 is 2.61 bits per heavy atom. The van der Waals surface area contributed by atoms with Gasteiger partial charge in [0.1, 0.15) is 5.75 Å². The van der Waals surface area contributed by atoms with Gasteiger partial charge in [0.2, 0.25) is 6.04 Å². The van der Waals surface area contributed by atoms with Gasteiger partial charge < -0.3 is 9.47 Å². The van der Waals surface area contributed by atoms with Crippen LogP contribution in [0.2, 0.25) is 0 Å². The molecule has 1 atom stereocenters. The van der Waals surface area contributed by atoms with E-state index in [1.54, 1.807) is 6.92 Å². The highest BCUT2D eigenvalue weighted by molar-refractivity contribution is 5.90. The van der Waals surface area contributed by atoms with Gasteiger partial charge in [0.25, 0.3) is 0 Å². The highest BCUT2D eigenvalue weighted by atomic mass is 16.6. The molecule has 0 fully saturated rings. The van der Waals surface area contributed by atoms with Crippen LogP contribution in [-0.4, -0.2) is 23.5 Å². The summed E-state index contributed by atoms with van der Waals surface area (Å²) in [5, 5.41) is 11.1. The summed E-state index contributed by atoms with van der Waals surface area (Å²) in [5.74, 6) is -1.09. The zero-order valence-corrected chi connectivity index (χ0v) is 13.4. The molecule has 1 rings (SSSR count). The molecule has 0 saturated carbocycles. The van der Waals surface area contributed by atoms with E-state index in [-0.39, 0.29) is 23.5 Å². The van der Waals surface area contributed by atoms with Gasteiger partial charge in [0.15, 0.2) is 0 Å². The normalized spacial score (nSPS) is 11.6. The maximum atomic E-state index is 11.8. The first-order valence-corrected chi connectivity index (χ1v) is 7.40. The Hall–Kier alpha value is -2.44. The topological polar surface area (TPSA) is 95.7 Å². The van der Waals surface area contributed by atoms with Crippen molar-refractivity contribution in [3.8, 4) is 5.75 Å². The van der Waals surface area contributed by atoms with E-state index < -0.39 is 22.9 Å².